The van der Waals surface area contributed by atoms with Crippen LogP contribution < -0.4 is 10.2 Å². The van der Waals surface area contributed by atoms with Crippen LogP contribution in [-0.2, 0) is 6.54 Å². The van der Waals surface area contributed by atoms with Crippen molar-refractivity contribution >= 4 is 21.6 Å². The number of benzene rings is 1. The standard InChI is InChI=1S/C18H29BrN2/c1-6-16-9-7-13(2)21(16)17-10-8-15(19)11-14(17)12-20-18(3,4)5/h8,10-11,13,16,20H,6-7,9,12H2,1-5H3. The summed E-state index contributed by atoms with van der Waals surface area (Å²) in [6.07, 6.45) is 3.85. The van der Waals surface area contributed by atoms with Crippen LogP contribution in [0.15, 0.2) is 22.7 Å². The molecule has 2 unspecified atom stereocenters. The van der Waals surface area contributed by atoms with Crippen LogP contribution in [-0.4, -0.2) is 17.6 Å². The predicted octanol–water partition coefficient (Wildman–Crippen LogP) is 5.10. The van der Waals surface area contributed by atoms with Crippen LogP contribution >= 0.6 is 15.9 Å². The Morgan fingerprint density at radius 2 is 2.00 bits per heavy atom. The van der Waals surface area contributed by atoms with E-state index in [9.17, 15) is 0 Å². The highest BCUT2D eigenvalue weighted by molar-refractivity contribution is 9.10. The lowest BCUT2D eigenvalue weighted by Crippen LogP contribution is -2.38. The topological polar surface area (TPSA) is 15.3 Å². The molecule has 1 fully saturated rings. The second kappa shape index (κ2) is 6.70. The zero-order chi connectivity index (χ0) is 15.6. The minimum Gasteiger partial charge on any atom is -0.366 e. The summed E-state index contributed by atoms with van der Waals surface area (Å²) in [6.45, 7) is 12.2. The van der Waals surface area contributed by atoms with Crippen molar-refractivity contribution in [3.63, 3.8) is 0 Å². The van der Waals surface area contributed by atoms with E-state index in [4.69, 9.17) is 0 Å². The van der Waals surface area contributed by atoms with Crippen molar-refractivity contribution in [2.24, 2.45) is 0 Å². The summed E-state index contributed by atoms with van der Waals surface area (Å²) in [5.41, 5.74) is 2.94. The molecule has 118 valence electrons. The van der Waals surface area contributed by atoms with Gasteiger partial charge in [-0.25, -0.2) is 0 Å². The highest BCUT2D eigenvalue weighted by Crippen LogP contribution is 2.35. The Labute approximate surface area is 138 Å². The zero-order valence-electron chi connectivity index (χ0n) is 14.0. The molecule has 0 aliphatic carbocycles. The molecule has 2 rings (SSSR count). The number of nitrogens with zero attached hydrogens (tertiary/aromatic N) is 1. The van der Waals surface area contributed by atoms with Crippen molar-refractivity contribution in [1.29, 1.82) is 0 Å². The first-order chi connectivity index (χ1) is 9.81. The third kappa shape index (κ3) is 4.23. The van der Waals surface area contributed by atoms with E-state index >= 15 is 0 Å². The van der Waals surface area contributed by atoms with Gasteiger partial charge in [-0.3, -0.25) is 0 Å². The fourth-order valence-corrected chi connectivity index (χ4v) is 3.62. The maximum absolute atomic E-state index is 3.63. The Bertz CT molecular complexity index is 479. The third-order valence-electron chi connectivity index (χ3n) is 4.39. The van der Waals surface area contributed by atoms with Crippen LogP contribution in [0.3, 0.4) is 0 Å². The Morgan fingerprint density at radius 3 is 2.62 bits per heavy atom. The highest BCUT2D eigenvalue weighted by Gasteiger charge is 2.30. The summed E-state index contributed by atoms with van der Waals surface area (Å²) in [7, 11) is 0. The van der Waals surface area contributed by atoms with E-state index in [1.54, 1.807) is 0 Å². The number of rotatable bonds is 4. The molecule has 1 aromatic rings. The number of halogens is 1. The first-order valence-electron chi connectivity index (χ1n) is 8.13. The molecule has 2 atom stereocenters. The summed E-state index contributed by atoms with van der Waals surface area (Å²) >= 11 is 3.63. The van der Waals surface area contributed by atoms with Gasteiger partial charge in [-0.1, -0.05) is 22.9 Å². The molecule has 0 aromatic heterocycles. The highest BCUT2D eigenvalue weighted by atomic mass is 79.9. The minimum atomic E-state index is 0.139. The molecule has 0 spiro atoms. The fourth-order valence-electron chi connectivity index (χ4n) is 3.21. The van der Waals surface area contributed by atoms with Gasteiger partial charge in [0.25, 0.3) is 0 Å². The molecular weight excluding hydrogens is 324 g/mol. The van der Waals surface area contributed by atoms with Gasteiger partial charge in [-0.15, -0.1) is 0 Å². The van der Waals surface area contributed by atoms with Crippen molar-refractivity contribution in [2.75, 3.05) is 4.90 Å². The number of hydrogen-bond acceptors (Lipinski definition) is 2. The molecule has 3 heteroatoms. The monoisotopic (exact) mass is 352 g/mol. The molecular formula is C18H29BrN2. The molecule has 0 amide bonds. The first-order valence-corrected chi connectivity index (χ1v) is 8.93. The fraction of sp³-hybridized carbons (Fsp3) is 0.667. The van der Waals surface area contributed by atoms with Gasteiger partial charge in [-0.05, 0) is 70.7 Å². The van der Waals surface area contributed by atoms with Crippen LogP contribution in [0.1, 0.15) is 59.4 Å². The smallest absolute Gasteiger partial charge is 0.0417 e. The van der Waals surface area contributed by atoms with Crippen LogP contribution in [0.25, 0.3) is 0 Å². The number of hydrogen-bond donors (Lipinski definition) is 1. The van der Waals surface area contributed by atoms with E-state index in [-0.39, 0.29) is 5.54 Å². The van der Waals surface area contributed by atoms with Gasteiger partial charge in [0.15, 0.2) is 0 Å². The Balaban J connectivity index is 2.29. The van der Waals surface area contributed by atoms with Crippen LogP contribution in [0.2, 0.25) is 0 Å². The lowest BCUT2D eigenvalue weighted by molar-refractivity contribution is 0.424. The van der Waals surface area contributed by atoms with E-state index in [1.165, 1.54) is 30.5 Å². The van der Waals surface area contributed by atoms with Crippen molar-refractivity contribution in [3.05, 3.63) is 28.2 Å². The van der Waals surface area contributed by atoms with Gasteiger partial charge in [0, 0.05) is 34.3 Å². The summed E-state index contributed by atoms with van der Waals surface area (Å²) in [5.74, 6) is 0. The number of nitrogens with one attached hydrogen (secondary N) is 1. The molecule has 0 saturated carbocycles. The average molecular weight is 353 g/mol. The molecule has 1 aromatic carbocycles. The predicted molar refractivity (Wildman–Crippen MR) is 96.0 cm³/mol. The van der Waals surface area contributed by atoms with Crippen molar-refractivity contribution < 1.29 is 0 Å². The lowest BCUT2D eigenvalue weighted by Gasteiger charge is -2.33. The molecule has 2 nitrogen and oxygen atoms in total. The summed E-state index contributed by atoms with van der Waals surface area (Å²) < 4.78 is 1.16. The molecule has 0 radical (unpaired) electrons. The van der Waals surface area contributed by atoms with Gasteiger partial charge in [0.05, 0.1) is 0 Å². The van der Waals surface area contributed by atoms with E-state index in [0.717, 1.165) is 11.0 Å². The molecule has 21 heavy (non-hydrogen) atoms. The molecule has 1 N–H and O–H groups in total. The summed E-state index contributed by atoms with van der Waals surface area (Å²) in [5, 5.41) is 3.63. The van der Waals surface area contributed by atoms with E-state index in [0.29, 0.717) is 12.1 Å². The van der Waals surface area contributed by atoms with Crippen LogP contribution in [0, 0.1) is 0 Å². The van der Waals surface area contributed by atoms with E-state index < -0.39 is 0 Å². The summed E-state index contributed by atoms with van der Waals surface area (Å²) in [6, 6.07) is 8.06. The van der Waals surface area contributed by atoms with E-state index in [2.05, 4.69) is 79.0 Å². The Hall–Kier alpha value is -0.540. The van der Waals surface area contributed by atoms with Gasteiger partial charge < -0.3 is 10.2 Å². The van der Waals surface area contributed by atoms with Gasteiger partial charge in [-0.2, -0.15) is 0 Å². The lowest BCUT2D eigenvalue weighted by atomic mass is 10.1. The SMILES string of the molecule is CCC1CCC(C)N1c1ccc(Br)cc1CNC(C)(C)C. The normalized spacial score (nSPS) is 22.9. The van der Waals surface area contributed by atoms with Gasteiger partial charge >= 0.3 is 0 Å². The molecule has 1 aliphatic heterocycles. The molecule has 1 saturated heterocycles. The third-order valence-corrected chi connectivity index (χ3v) is 4.88. The quantitative estimate of drug-likeness (QED) is 0.810. The molecule has 1 aliphatic rings. The first kappa shape index (κ1) is 16.8. The van der Waals surface area contributed by atoms with Crippen molar-refractivity contribution in [3.8, 4) is 0 Å². The zero-order valence-corrected chi connectivity index (χ0v) is 15.6. The minimum absolute atomic E-state index is 0.139. The average Bonchev–Trinajstić information content (AvgIpc) is 2.77. The summed E-state index contributed by atoms with van der Waals surface area (Å²) in [4.78, 5) is 2.64. The van der Waals surface area contributed by atoms with Gasteiger partial charge in [0.2, 0.25) is 0 Å². The van der Waals surface area contributed by atoms with Crippen molar-refractivity contribution in [1.82, 2.24) is 5.32 Å². The Morgan fingerprint density at radius 1 is 1.29 bits per heavy atom. The maximum Gasteiger partial charge on any atom is 0.0417 e. The molecule has 1 heterocycles. The maximum atomic E-state index is 3.63. The largest absolute Gasteiger partial charge is 0.366 e. The molecule has 0 bridgehead atoms. The van der Waals surface area contributed by atoms with Crippen LogP contribution in [0.5, 0.6) is 0 Å². The second-order valence-electron chi connectivity index (χ2n) is 7.27. The van der Waals surface area contributed by atoms with E-state index in [1.807, 2.05) is 0 Å². The van der Waals surface area contributed by atoms with Crippen LogP contribution in [0.4, 0.5) is 5.69 Å². The Kier molecular flexibility index (Phi) is 5.37. The second-order valence-corrected chi connectivity index (χ2v) is 8.19. The van der Waals surface area contributed by atoms with Crippen molar-refractivity contribution in [2.45, 2.75) is 78.0 Å². The van der Waals surface area contributed by atoms with Gasteiger partial charge in [0.1, 0.15) is 0 Å². The number of anilines is 1.